The van der Waals surface area contributed by atoms with Gasteiger partial charge in [-0.3, -0.25) is 18.6 Å². The number of hydrogen-bond acceptors (Lipinski definition) is 6. The van der Waals surface area contributed by atoms with Crippen LogP contribution in [0.4, 0.5) is 18.9 Å². The molecule has 9 nitrogen and oxygen atoms in total. The first-order valence-electron chi connectivity index (χ1n) is 11.5. The highest BCUT2D eigenvalue weighted by Gasteiger charge is 2.37. The summed E-state index contributed by atoms with van der Waals surface area (Å²) in [7, 11) is 1.66. The fourth-order valence-electron chi connectivity index (χ4n) is 5.23. The van der Waals surface area contributed by atoms with Crippen LogP contribution in [-0.4, -0.2) is 49.1 Å². The van der Waals surface area contributed by atoms with Crippen molar-refractivity contribution in [2.24, 2.45) is 7.05 Å². The van der Waals surface area contributed by atoms with Crippen LogP contribution in [0.1, 0.15) is 17.8 Å². The SMILES string of the molecule is Cn1cnc(Cn2c(=O)c3ccc(N4C[C@H]5C[C@@H]4CN5)cc3n(Cc3cc(F)c(F)c(F)c3)c2=O)n1. The molecule has 2 atom stereocenters. The van der Waals surface area contributed by atoms with E-state index in [0.29, 0.717) is 17.6 Å². The molecule has 1 N–H and O–H groups in total. The second-order valence-electron chi connectivity index (χ2n) is 9.32. The third-order valence-electron chi connectivity index (χ3n) is 6.93. The molecule has 0 radical (unpaired) electrons. The molecule has 2 saturated heterocycles. The van der Waals surface area contributed by atoms with Crippen LogP contribution in [-0.2, 0) is 20.1 Å². The number of anilines is 1. The van der Waals surface area contributed by atoms with Gasteiger partial charge < -0.3 is 10.2 Å². The fraction of sp³-hybridized carbons (Fsp3) is 0.333. The van der Waals surface area contributed by atoms with E-state index in [9.17, 15) is 22.8 Å². The van der Waals surface area contributed by atoms with Gasteiger partial charge in [-0.15, -0.1) is 0 Å². The number of nitrogens with one attached hydrogen (secondary N) is 1. The maximum absolute atomic E-state index is 14.0. The van der Waals surface area contributed by atoms with E-state index in [4.69, 9.17) is 0 Å². The van der Waals surface area contributed by atoms with E-state index in [0.717, 1.165) is 41.9 Å². The number of hydrogen-bond donors (Lipinski definition) is 1. The molecule has 2 aromatic carbocycles. The molecule has 0 saturated carbocycles. The molecular weight excluding hydrogens is 475 g/mol. The van der Waals surface area contributed by atoms with E-state index in [1.807, 2.05) is 6.07 Å². The van der Waals surface area contributed by atoms with Gasteiger partial charge in [-0.05, 0) is 42.3 Å². The highest BCUT2D eigenvalue weighted by Crippen LogP contribution is 2.31. The molecule has 0 spiro atoms. The summed E-state index contributed by atoms with van der Waals surface area (Å²) in [6.45, 7) is 1.21. The van der Waals surface area contributed by atoms with Crippen molar-refractivity contribution in [1.29, 1.82) is 0 Å². The summed E-state index contributed by atoms with van der Waals surface area (Å²) >= 11 is 0. The van der Waals surface area contributed by atoms with Crippen LogP contribution in [0.3, 0.4) is 0 Å². The average Bonchev–Trinajstić information content (AvgIpc) is 3.60. The number of fused-ring (bicyclic) bond motifs is 3. The lowest BCUT2D eigenvalue weighted by Gasteiger charge is -2.30. The molecule has 0 aliphatic carbocycles. The van der Waals surface area contributed by atoms with Crippen molar-refractivity contribution in [3.63, 3.8) is 0 Å². The van der Waals surface area contributed by atoms with Crippen LogP contribution in [0.2, 0.25) is 0 Å². The number of halogens is 3. The molecule has 0 amide bonds. The Labute approximate surface area is 202 Å². The van der Waals surface area contributed by atoms with Gasteiger partial charge in [0.1, 0.15) is 6.33 Å². The van der Waals surface area contributed by atoms with Gasteiger partial charge in [0.2, 0.25) is 0 Å². The number of aromatic nitrogens is 5. The minimum absolute atomic E-state index is 0.0470. The van der Waals surface area contributed by atoms with Crippen LogP contribution < -0.4 is 21.5 Å². The molecule has 36 heavy (non-hydrogen) atoms. The van der Waals surface area contributed by atoms with Gasteiger partial charge in [0.25, 0.3) is 5.56 Å². The largest absolute Gasteiger partial charge is 0.366 e. The van der Waals surface area contributed by atoms with Crippen LogP contribution in [0.15, 0.2) is 46.2 Å². The topological polar surface area (TPSA) is 90.0 Å². The van der Waals surface area contributed by atoms with Crippen molar-refractivity contribution in [2.45, 2.75) is 31.6 Å². The van der Waals surface area contributed by atoms with E-state index in [-0.39, 0.29) is 29.9 Å². The number of aryl methyl sites for hydroxylation is 1. The Morgan fingerprint density at radius 1 is 1.06 bits per heavy atom. The second-order valence-corrected chi connectivity index (χ2v) is 9.32. The zero-order valence-corrected chi connectivity index (χ0v) is 19.3. The van der Waals surface area contributed by atoms with Gasteiger partial charge in [-0.2, -0.15) is 5.10 Å². The van der Waals surface area contributed by atoms with Gasteiger partial charge in [0.15, 0.2) is 23.3 Å². The van der Waals surface area contributed by atoms with Crippen LogP contribution in [0.5, 0.6) is 0 Å². The van der Waals surface area contributed by atoms with Gasteiger partial charge in [-0.1, -0.05) is 0 Å². The van der Waals surface area contributed by atoms with Gasteiger partial charge in [0, 0.05) is 37.9 Å². The quantitative estimate of drug-likeness (QED) is 0.419. The third-order valence-corrected chi connectivity index (χ3v) is 6.93. The summed E-state index contributed by atoms with van der Waals surface area (Å²) in [5.74, 6) is -4.02. The molecule has 2 aliphatic rings. The van der Waals surface area contributed by atoms with E-state index < -0.39 is 28.7 Å². The van der Waals surface area contributed by atoms with Crippen LogP contribution in [0, 0.1) is 17.5 Å². The van der Waals surface area contributed by atoms with Gasteiger partial charge in [0.05, 0.1) is 24.0 Å². The summed E-state index contributed by atoms with van der Waals surface area (Å²) < 4.78 is 45.2. The molecular formula is C24H22F3N7O2. The molecule has 0 unspecified atom stereocenters. The van der Waals surface area contributed by atoms with Crippen molar-refractivity contribution in [1.82, 2.24) is 29.2 Å². The van der Waals surface area contributed by atoms with Crippen molar-refractivity contribution < 1.29 is 13.2 Å². The lowest BCUT2D eigenvalue weighted by atomic mass is 10.1. The van der Waals surface area contributed by atoms with Crippen LogP contribution >= 0.6 is 0 Å². The summed E-state index contributed by atoms with van der Waals surface area (Å²) in [5, 5.41) is 7.85. The number of rotatable bonds is 5. The lowest BCUT2D eigenvalue weighted by Crippen LogP contribution is -2.44. The normalized spacial score (nSPS) is 19.1. The fourth-order valence-corrected chi connectivity index (χ4v) is 5.23. The van der Waals surface area contributed by atoms with Gasteiger partial charge in [-0.25, -0.2) is 22.9 Å². The molecule has 2 bridgehead atoms. The van der Waals surface area contributed by atoms with E-state index in [2.05, 4.69) is 20.3 Å². The monoisotopic (exact) mass is 497 g/mol. The molecule has 2 aliphatic heterocycles. The highest BCUT2D eigenvalue weighted by atomic mass is 19.2. The minimum atomic E-state index is -1.58. The van der Waals surface area contributed by atoms with E-state index in [1.165, 1.54) is 15.6 Å². The van der Waals surface area contributed by atoms with Crippen molar-refractivity contribution in [3.8, 4) is 0 Å². The van der Waals surface area contributed by atoms with E-state index >= 15 is 0 Å². The smallest absolute Gasteiger partial charge is 0.332 e. The van der Waals surface area contributed by atoms with E-state index in [1.54, 1.807) is 19.2 Å². The highest BCUT2D eigenvalue weighted by molar-refractivity contribution is 5.82. The summed E-state index contributed by atoms with van der Waals surface area (Å²) in [4.78, 5) is 33.3. The van der Waals surface area contributed by atoms with Crippen molar-refractivity contribution in [3.05, 3.63) is 86.3 Å². The number of benzene rings is 2. The Bertz CT molecular complexity index is 1600. The predicted octanol–water partition coefficient (Wildman–Crippen LogP) is 1.36. The first kappa shape index (κ1) is 22.5. The number of nitrogens with zero attached hydrogens (tertiary/aromatic N) is 6. The minimum Gasteiger partial charge on any atom is -0.366 e. The molecule has 12 heteroatoms. The molecule has 2 fully saturated rings. The number of piperazine rings is 1. The molecule has 6 rings (SSSR count). The van der Waals surface area contributed by atoms with Crippen molar-refractivity contribution in [2.75, 3.05) is 18.0 Å². The Morgan fingerprint density at radius 2 is 1.83 bits per heavy atom. The average molecular weight is 497 g/mol. The maximum Gasteiger partial charge on any atom is 0.332 e. The first-order valence-corrected chi connectivity index (χ1v) is 11.5. The zero-order chi connectivity index (χ0) is 25.1. The van der Waals surface area contributed by atoms with Crippen LogP contribution in [0.25, 0.3) is 10.9 Å². The Kier molecular flexibility index (Phi) is 5.21. The predicted molar refractivity (Wildman–Crippen MR) is 126 cm³/mol. The summed E-state index contributed by atoms with van der Waals surface area (Å²) in [6, 6.07) is 7.66. The van der Waals surface area contributed by atoms with Crippen molar-refractivity contribution >= 4 is 16.6 Å². The maximum atomic E-state index is 14.0. The standard InChI is InChI=1S/C24H22F3N7O2/c1-31-12-29-21(30-31)11-34-23(35)17-3-2-15(32-10-14-6-16(32)8-28-14)7-20(17)33(24(34)36)9-13-4-18(25)22(27)19(26)5-13/h2-5,7,12,14,16,28H,6,8-11H2,1H3/t14-,16-/m1/s1. The second kappa shape index (κ2) is 8.33. The Hall–Kier alpha value is -3.93. The summed E-state index contributed by atoms with van der Waals surface area (Å²) in [5.41, 5.74) is 0.0160. The van der Waals surface area contributed by atoms with Gasteiger partial charge >= 0.3 is 5.69 Å². The molecule has 4 aromatic rings. The lowest BCUT2D eigenvalue weighted by molar-refractivity contribution is 0.444. The Balaban J connectivity index is 1.52. The summed E-state index contributed by atoms with van der Waals surface area (Å²) in [6.07, 6.45) is 2.46. The zero-order valence-electron chi connectivity index (χ0n) is 19.3. The first-order chi connectivity index (χ1) is 17.3. The molecule has 4 heterocycles. The Morgan fingerprint density at radius 3 is 2.47 bits per heavy atom. The molecule has 2 aromatic heterocycles. The molecule has 186 valence electrons. The third kappa shape index (κ3) is 3.68.